The fraction of sp³-hybridized carbons (Fsp3) is 0.263. The average molecular weight is 634 g/mol. The fourth-order valence-electron chi connectivity index (χ4n) is 5.87. The van der Waals surface area contributed by atoms with E-state index in [2.05, 4.69) is 9.97 Å². The SMILES string of the molecule is O=C(CCCCCCCC(=O)c1ccc(C(F)(C(=O)Cc2cccc3cccnc23)C(=O)Cc2cccc3cccnc23)cc1)NO. The zero-order chi connectivity index (χ0) is 33.2. The molecule has 2 N–H and O–H groups in total. The first-order valence-electron chi connectivity index (χ1n) is 15.8. The molecule has 0 aliphatic heterocycles. The van der Waals surface area contributed by atoms with Crippen LogP contribution in [-0.4, -0.2) is 38.4 Å². The third kappa shape index (κ3) is 7.81. The van der Waals surface area contributed by atoms with E-state index < -0.39 is 23.1 Å². The number of rotatable bonds is 16. The summed E-state index contributed by atoms with van der Waals surface area (Å²) in [5.41, 5.74) is 1.02. The molecule has 8 nitrogen and oxygen atoms in total. The van der Waals surface area contributed by atoms with Gasteiger partial charge in [-0.2, -0.15) is 0 Å². The molecule has 0 saturated heterocycles. The van der Waals surface area contributed by atoms with Crippen LogP contribution < -0.4 is 5.48 Å². The van der Waals surface area contributed by atoms with E-state index in [-0.39, 0.29) is 37.0 Å². The molecule has 0 aliphatic carbocycles. The molecule has 2 heterocycles. The number of benzene rings is 3. The van der Waals surface area contributed by atoms with Gasteiger partial charge in [0.15, 0.2) is 17.3 Å². The molecule has 0 unspecified atom stereocenters. The number of nitrogens with one attached hydrogen (secondary N) is 1. The second kappa shape index (κ2) is 15.4. The molecule has 0 fully saturated rings. The van der Waals surface area contributed by atoms with Gasteiger partial charge in [0.05, 0.1) is 11.0 Å². The fourth-order valence-corrected chi connectivity index (χ4v) is 5.87. The number of pyridine rings is 2. The van der Waals surface area contributed by atoms with Gasteiger partial charge >= 0.3 is 0 Å². The number of aromatic nitrogens is 2. The van der Waals surface area contributed by atoms with Crippen molar-refractivity contribution in [3.63, 3.8) is 0 Å². The Balaban J connectivity index is 1.35. The van der Waals surface area contributed by atoms with Crippen molar-refractivity contribution in [1.82, 2.24) is 15.4 Å². The summed E-state index contributed by atoms with van der Waals surface area (Å²) in [6.45, 7) is 0. The summed E-state index contributed by atoms with van der Waals surface area (Å²) in [7, 11) is 0. The van der Waals surface area contributed by atoms with Crippen LogP contribution in [-0.2, 0) is 32.9 Å². The van der Waals surface area contributed by atoms with Gasteiger partial charge in [-0.25, -0.2) is 9.87 Å². The van der Waals surface area contributed by atoms with Gasteiger partial charge in [0.25, 0.3) is 5.67 Å². The Bertz CT molecular complexity index is 1800. The molecular formula is C38H36FN3O5. The predicted octanol–water partition coefficient (Wildman–Crippen LogP) is 6.99. The first-order valence-corrected chi connectivity index (χ1v) is 15.8. The van der Waals surface area contributed by atoms with Crippen LogP contribution in [0.1, 0.15) is 72.0 Å². The lowest BCUT2D eigenvalue weighted by Gasteiger charge is -2.24. The largest absolute Gasteiger partial charge is 0.295 e. The lowest BCUT2D eigenvalue weighted by Crippen LogP contribution is -2.42. The number of alkyl halides is 1. The van der Waals surface area contributed by atoms with Crippen LogP contribution >= 0.6 is 0 Å². The van der Waals surface area contributed by atoms with Gasteiger partial charge < -0.3 is 0 Å². The Morgan fingerprint density at radius 2 is 1.13 bits per heavy atom. The van der Waals surface area contributed by atoms with E-state index in [9.17, 15) is 19.2 Å². The van der Waals surface area contributed by atoms with E-state index in [0.29, 0.717) is 40.6 Å². The molecule has 0 spiro atoms. The van der Waals surface area contributed by atoms with Gasteiger partial charge in [0, 0.05) is 60.0 Å². The second-order valence-electron chi connectivity index (χ2n) is 11.6. The van der Waals surface area contributed by atoms with E-state index in [4.69, 9.17) is 5.21 Å². The van der Waals surface area contributed by atoms with Crippen LogP contribution in [0.4, 0.5) is 4.39 Å². The van der Waals surface area contributed by atoms with Crippen molar-refractivity contribution >= 4 is 45.1 Å². The lowest BCUT2D eigenvalue weighted by molar-refractivity contribution is -0.143. The molecule has 3 aromatic carbocycles. The number of amides is 1. The number of hydroxylamine groups is 1. The number of hydrogen-bond donors (Lipinski definition) is 2. The number of hydrogen-bond acceptors (Lipinski definition) is 7. The predicted molar refractivity (Wildman–Crippen MR) is 177 cm³/mol. The van der Waals surface area contributed by atoms with Gasteiger partial charge in [-0.05, 0) is 36.1 Å². The van der Waals surface area contributed by atoms with E-state index >= 15 is 4.39 Å². The average Bonchev–Trinajstić information content (AvgIpc) is 3.11. The standard InChI is InChI=1S/C38H36FN3O5/c39-38(33(44)24-29-12-6-10-27-14-8-22-40-36(27)29,34(45)25-30-13-7-11-28-15-9-23-41-37(28)30)31-20-18-26(19-21-31)32(43)16-4-2-1-3-5-17-35(46)42-47/h6-15,18-23,47H,1-5,16-17,24-25H2,(H,42,46). The van der Waals surface area contributed by atoms with Crippen LogP contribution in [0.5, 0.6) is 0 Å². The van der Waals surface area contributed by atoms with Crippen molar-refractivity contribution in [3.8, 4) is 0 Å². The molecular weight excluding hydrogens is 597 g/mol. The van der Waals surface area contributed by atoms with Crippen molar-refractivity contribution < 1.29 is 28.8 Å². The van der Waals surface area contributed by atoms with E-state index in [0.717, 1.165) is 30.0 Å². The highest BCUT2D eigenvalue weighted by molar-refractivity contribution is 6.13. The number of nitrogens with zero attached hydrogens (tertiary/aromatic N) is 2. The Kier molecular flexibility index (Phi) is 10.9. The summed E-state index contributed by atoms with van der Waals surface area (Å²) in [6, 6.07) is 23.6. The maximum Gasteiger partial charge on any atom is 0.251 e. The van der Waals surface area contributed by atoms with Crippen molar-refractivity contribution in [2.45, 2.75) is 63.5 Å². The van der Waals surface area contributed by atoms with Gasteiger partial charge in [-0.3, -0.25) is 34.4 Å². The topological polar surface area (TPSA) is 126 Å². The molecule has 240 valence electrons. The summed E-state index contributed by atoms with van der Waals surface area (Å²) < 4.78 is 17.4. The Hall–Kier alpha value is -5.15. The number of carbonyl (C=O) groups is 4. The van der Waals surface area contributed by atoms with Crippen LogP contribution in [0.2, 0.25) is 0 Å². The minimum absolute atomic E-state index is 0.123. The third-order valence-electron chi connectivity index (χ3n) is 8.44. The van der Waals surface area contributed by atoms with Gasteiger partial charge in [0.1, 0.15) is 0 Å². The highest BCUT2D eigenvalue weighted by Crippen LogP contribution is 2.33. The molecule has 1 amide bonds. The summed E-state index contributed by atoms with van der Waals surface area (Å²) >= 11 is 0. The number of carbonyl (C=O) groups excluding carboxylic acids is 4. The van der Waals surface area contributed by atoms with Gasteiger partial charge in [0.2, 0.25) is 5.91 Å². The zero-order valence-corrected chi connectivity index (χ0v) is 26.0. The molecule has 9 heteroatoms. The number of Topliss-reactive ketones (excluding diaryl/α,β-unsaturated/α-hetero) is 3. The van der Waals surface area contributed by atoms with Gasteiger partial charge in [-0.1, -0.05) is 92.1 Å². The molecule has 0 saturated carbocycles. The quantitative estimate of drug-likeness (QED) is 0.0394. The van der Waals surface area contributed by atoms with E-state index in [1.165, 1.54) is 24.3 Å². The molecule has 2 aromatic heterocycles. The minimum Gasteiger partial charge on any atom is -0.295 e. The zero-order valence-electron chi connectivity index (χ0n) is 26.0. The number of ketones is 3. The summed E-state index contributed by atoms with van der Waals surface area (Å²) in [6.07, 6.45) is 6.79. The summed E-state index contributed by atoms with van der Waals surface area (Å²) in [5.74, 6) is -2.36. The van der Waals surface area contributed by atoms with E-state index in [1.807, 2.05) is 24.3 Å². The molecule has 47 heavy (non-hydrogen) atoms. The summed E-state index contributed by atoms with van der Waals surface area (Å²) in [4.78, 5) is 60.7. The van der Waals surface area contributed by atoms with Crippen LogP contribution in [0.25, 0.3) is 21.8 Å². The maximum absolute atomic E-state index is 17.4. The highest BCUT2D eigenvalue weighted by atomic mass is 19.1. The van der Waals surface area contributed by atoms with Crippen LogP contribution in [0.3, 0.4) is 0 Å². The van der Waals surface area contributed by atoms with Gasteiger partial charge in [-0.15, -0.1) is 0 Å². The smallest absolute Gasteiger partial charge is 0.251 e. The molecule has 0 aliphatic rings. The first kappa shape index (κ1) is 33.2. The molecule has 0 bridgehead atoms. The lowest BCUT2D eigenvalue weighted by atomic mass is 9.81. The Morgan fingerprint density at radius 1 is 0.638 bits per heavy atom. The Labute approximate surface area is 272 Å². The highest BCUT2D eigenvalue weighted by Gasteiger charge is 2.47. The monoisotopic (exact) mass is 633 g/mol. The normalized spacial score (nSPS) is 11.4. The summed E-state index contributed by atoms with van der Waals surface area (Å²) in [5, 5.41) is 10.2. The minimum atomic E-state index is -2.98. The Morgan fingerprint density at radius 3 is 1.66 bits per heavy atom. The van der Waals surface area contributed by atoms with Crippen LogP contribution in [0, 0.1) is 0 Å². The number of fused-ring (bicyclic) bond motifs is 2. The number of halogens is 1. The van der Waals surface area contributed by atoms with Crippen molar-refractivity contribution in [1.29, 1.82) is 0 Å². The number of unbranched alkanes of at least 4 members (excludes halogenated alkanes) is 4. The second-order valence-corrected chi connectivity index (χ2v) is 11.6. The van der Waals surface area contributed by atoms with E-state index in [1.54, 1.807) is 54.3 Å². The number of para-hydroxylation sites is 2. The van der Waals surface area contributed by atoms with Crippen molar-refractivity contribution in [3.05, 3.63) is 120 Å². The third-order valence-corrected chi connectivity index (χ3v) is 8.44. The van der Waals surface area contributed by atoms with Crippen LogP contribution in [0.15, 0.2) is 97.3 Å². The van der Waals surface area contributed by atoms with Crippen molar-refractivity contribution in [2.75, 3.05) is 0 Å². The molecule has 0 atom stereocenters. The molecule has 0 radical (unpaired) electrons. The maximum atomic E-state index is 17.4. The molecule has 5 rings (SSSR count). The first-order chi connectivity index (χ1) is 22.8. The molecule has 5 aromatic rings. The van der Waals surface area contributed by atoms with Crippen molar-refractivity contribution in [2.24, 2.45) is 0 Å².